The van der Waals surface area contributed by atoms with Gasteiger partial charge in [0, 0.05) is 22.8 Å². The van der Waals surface area contributed by atoms with Crippen molar-refractivity contribution >= 4 is 22.5 Å². The Kier molecular flexibility index (Phi) is 3.15. The van der Waals surface area contributed by atoms with Crippen LogP contribution in [0.5, 0.6) is 0 Å². The van der Waals surface area contributed by atoms with Crippen LogP contribution in [0.15, 0.2) is 30.5 Å². The molecule has 1 aromatic carbocycles. The lowest BCUT2D eigenvalue weighted by molar-refractivity contribution is -0.118. The Bertz CT molecular complexity index is 530. The summed E-state index contributed by atoms with van der Waals surface area (Å²) in [6.45, 7) is 3.86. The van der Waals surface area contributed by atoms with Gasteiger partial charge in [-0.15, -0.1) is 0 Å². The molecule has 0 aliphatic rings. The average Bonchev–Trinajstić information content (AvgIpc) is 2.74. The molecule has 1 aromatic heterocycles. The fourth-order valence-electron chi connectivity index (χ4n) is 1.66. The molecule has 2 aromatic rings. The Morgan fingerprint density at radius 2 is 2.12 bits per heavy atom. The van der Waals surface area contributed by atoms with Crippen molar-refractivity contribution in [2.24, 2.45) is 11.7 Å². The Hall–Kier alpha value is -1.81. The first-order chi connectivity index (χ1) is 8.08. The molecule has 0 fully saturated rings. The second kappa shape index (κ2) is 4.59. The first-order valence-corrected chi connectivity index (χ1v) is 5.71. The molecular formula is C13H17N3O. The van der Waals surface area contributed by atoms with E-state index in [0.29, 0.717) is 0 Å². The van der Waals surface area contributed by atoms with Crippen molar-refractivity contribution in [3.05, 3.63) is 30.5 Å². The molecule has 1 amide bonds. The summed E-state index contributed by atoms with van der Waals surface area (Å²) in [4.78, 5) is 14.9. The summed E-state index contributed by atoms with van der Waals surface area (Å²) in [5.41, 5.74) is 7.61. The molecule has 0 saturated carbocycles. The van der Waals surface area contributed by atoms with Crippen molar-refractivity contribution in [1.82, 2.24) is 4.98 Å². The Morgan fingerprint density at radius 1 is 1.35 bits per heavy atom. The van der Waals surface area contributed by atoms with Crippen LogP contribution in [0.1, 0.15) is 13.8 Å². The zero-order valence-electron chi connectivity index (χ0n) is 10.0. The zero-order valence-corrected chi connectivity index (χ0v) is 10.0. The number of amides is 1. The maximum absolute atomic E-state index is 11.8. The van der Waals surface area contributed by atoms with Gasteiger partial charge in [-0.05, 0) is 30.2 Å². The van der Waals surface area contributed by atoms with E-state index in [1.165, 1.54) is 0 Å². The number of nitrogens with one attached hydrogen (secondary N) is 2. The second-order valence-corrected chi connectivity index (χ2v) is 4.54. The number of carbonyl (C=O) groups excluding carboxylic acids is 1. The maximum atomic E-state index is 11.8. The zero-order chi connectivity index (χ0) is 12.4. The van der Waals surface area contributed by atoms with Crippen LogP contribution in [0.4, 0.5) is 5.69 Å². The topological polar surface area (TPSA) is 70.9 Å². The van der Waals surface area contributed by atoms with Crippen molar-refractivity contribution in [2.45, 2.75) is 19.9 Å². The number of H-pyrrole nitrogens is 1. The molecule has 0 aliphatic carbocycles. The van der Waals surface area contributed by atoms with Gasteiger partial charge in [-0.2, -0.15) is 0 Å². The van der Waals surface area contributed by atoms with Gasteiger partial charge >= 0.3 is 0 Å². The van der Waals surface area contributed by atoms with Gasteiger partial charge in [-0.1, -0.05) is 13.8 Å². The van der Waals surface area contributed by atoms with E-state index in [4.69, 9.17) is 5.73 Å². The summed E-state index contributed by atoms with van der Waals surface area (Å²) in [7, 11) is 0. The Morgan fingerprint density at radius 3 is 2.82 bits per heavy atom. The first-order valence-electron chi connectivity index (χ1n) is 5.71. The van der Waals surface area contributed by atoms with Gasteiger partial charge in [0.25, 0.3) is 0 Å². The van der Waals surface area contributed by atoms with Crippen molar-refractivity contribution in [1.29, 1.82) is 0 Å². The van der Waals surface area contributed by atoms with Gasteiger partial charge in [0.15, 0.2) is 0 Å². The van der Waals surface area contributed by atoms with Gasteiger partial charge in [0.1, 0.15) is 0 Å². The monoisotopic (exact) mass is 231 g/mol. The van der Waals surface area contributed by atoms with Crippen molar-refractivity contribution in [2.75, 3.05) is 5.32 Å². The molecule has 0 bridgehead atoms. The third kappa shape index (κ3) is 2.47. The molecular weight excluding hydrogens is 214 g/mol. The molecule has 1 atom stereocenters. The standard InChI is InChI=1S/C13H17N3O/c1-8(2)12(14)13(17)16-10-3-4-11-9(7-10)5-6-15-11/h3-8,12,15H,14H2,1-2H3,(H,16,17). The predicted octanol–water partition coefficient (Wildman–Crippen LogP) is 2.09. The first kappa shape index (κ1) is 11.7. The highest BCUT2D eigenvalue weighted by atomic mass is 16.2. The largest absolute Gasteiger partial charge is 0.361 e. The molecule has 90 valence electrons. The summed E-state index contributed by atoms with van der Waals surface area (Å²) in [5.74, 6) is -0.0131. The number of rotatable bonds is 3. The maximum Gasteiger partial charge on any atom is 0.241 e. The number of hydrogen-bond donors (Lipinski definition) is 3. The van der Waals surface area contributed by atoms with Gasteiger partial charge in [0.2, 0.25) is 5.91 Å². The Labute approximate surface area is 100 Å². The second-order valence-electron chi connectivity index (χ2n) is 4.54. The fraction of sp³-hybridized carbons (Fsp3) is 0.308. The molecule has 0 spiro atoms. The van der Waals surface area contributed by atoms with E-state index in [-0.39, 0.29) is 11.8 Å². The van der Waals surface area contributed by atoms with Crippen molar-refractivity contribution < 1.29 is 4.79 Å². The lowest BCUT2D eigenvalue weighted by Gasteiger charge is -2.15. The smallest absolute Gasteiger partial charge is 0.241 e. The number of aromatic nitrogens is 1. The van der Waals surface area contributed by atoms with E-state index >= 15 is 0 Å². The number of hydrogen-bond acceptors (Lipinski definition) is 2. The van der Waals surface area contributed by atoms with Gasteiger partial charge in [-0.3, -0.25) is 4.79 Å². The predicted molar refractivity (Wildman–Crippen MR) is 69.7 cm³/mol. The van der Waals surface area contributed by atoms with E-state index < -0.39 is 6.04 Å². The fourth-order valence-corrected chi connectivity index (χ4v) is 1.66. The van der Waals surface area contributed by atoms with Crippen LogP contribution in [0.25, 0.3) is 10.9 Å². The van der Waals surface area contributed by atoms with Crippen LogP contribution in [-0.4, -0.2) is 16.9 Å². The van der Waals surface area contributed by atoms with E-state index in [0.717, 1.165) is 16.6 Å². The number of nitrogens with two attached hydrogens (primary N) is 1. The minimum Gasteiger partial charge on any atom is -0.361 e. The molecule has 4 nitrogen and oxygen atoms in total. The summed E-state index contributed by atoms with van der Waals surface area (Å²) in [5, 5.41) is 3.90. The molecule has 17 heavy (non-hydrogen) atoms. The molecule has 0 radical (unpaired) electrons. The Balaban J connectivity index is 2.15. The van der Waals surface area contributed by atoms with Crippen LogP contribution in [0, 0.1) is 5.92 Å². The quantitative estimate of drug-likeness (QED) is 0.757. The number of carbonyl (C=O) groups is 1. The van der Waals surface area contributed by atoms with Crippen LogP contribution >= 0.6 is 0 Å². The summed E-state index contributed by atoms with van der Waals surface area (Å²) < 4.78 is 0. The van der Waals surface area contributed by atoms with E-state index in [9.17, 15) is 4.79 Å². The SMILES string of the molecule is CC(C)C(N)C(=O)Nc1ccc2[nH]ccc2c1. The molecule has 0 saturated heterocycles. The summed E-state index contributed by atoms with van der Waals surface area (Å²) >= 11 is 0. The van der Waals surface area contributed by atoms with Gasteiger partial charge in [0.05, 0.1) is 6.04 Å². The van der Waals surface area contributed by atoms with Gasteiger partial charge in [-0.25, -0.2) is 0 Å². The number of anilines is 1. The van der Waals surface area contributed by atoms with Crippen LogP contribution < -0.4 is 11.1 Å². The lowest BCUT2D eigenvalue weighted by atomic mass is 10.0. The van der Waals surface area contributed by atoms with Gasteiger partial charge < -0.3 is 16.0 Å². The van der Waals surface area contributed by atoms with Crippen molar-refractivity contribution in [3.63, 3.8) is 0 Å². The molecule has 1 heterocycles. The molecule has 1 unspecified atom stereocenters. The molecule has 2 rings (SSSR count). The third-order valence-corrected chi connectivity index (χ3v) is 2.84. The summed E-state index contributed by atoms with van der Waals surface area (Å²) in [6.07, 6.45) is 1.87. The van der Waals surface area contributed by atoms with E-state index in [2.05, 4.69) is 10.3 Å². The molecule has 0 aliphatic heterocycles. The highest BCUT2D eigenvalue weighted by molar-refractivity contribution is 5.96. The van der Waals surface area contributed by atoms with Crippen molar-refractivity contribution in [3.8, 4) is 0 Å². The van der Waals surface area contributed by atoms with E-state index in [1.54, 1.807) is 0 Å². The van der Waals surface area contributed by atoms with E-state index in [1.807, 2.05) is 44.3 Å². The number of aromatic amines is 1. The average molecular weight is 231 g/mol. The van der Waals surface area contributed by atoms with Crippen LogP contribution in [-0.2, 0) is 4.79 Å². The minimum atomic E-state index is -0.475. The normalized spacial score (nSPS) is 12.9. The molecule has 4 N–H and O–H groups in total. The molecule has 4 heteroatoms. The lowest BCUT2D eigenvalue weighted by Crippen LogP contribution is -2.39. The highest BCUT2D eigenvalue weighted by Gasteiger charge is 2.17. The number of fused-ring (bicyclic) bond motifs is 1. The third-order valence-electron chi connectivity index (χ3n) is 2.84. The van der Waals surface area contributed by atoms with Crippen LogP contribution in [0.3, 0.4) is 0 Å². The summed E-state index contributed by atoms with van der Waals surface area (Å²) in [6, 6.07) is 7.22. The van der Waals surface area contributed by atoms with Crippen LogP contribution in [0.2, 0.25) is 0 Å². The minimum absolute atomic E-state index is 0.131. The highest BCUT2D eigenvalue weighted by Crippen LogP contribution is 2.18. The number of benzene rings is 1.